The Morgan fingerprint density at radius 3 is 2.44 bits per heavy atom. The van der Waals surface area contributed by atoms with E-state index in [0.717, 1.165) is 24.0 Å². The third-order valence-electron chi connectivity index (χ3n) is 4.65. The molecule has 3 rings (SSSR count). The van der Waals surface area contributed by atoms with E-state index in [1.165, 1.54) is 18.3 Å². The van der Waals surface area contributed by atoms with Crippen LogP contribution in [-0.2, 0) is 6.42 Å². The fourth-order valence-corrected chi connectivity index (χ4v) is 2.95. The predicted octanol–water partition coefficient (Wildman–Crippen LogP) is 2.33. The van der Waals surface area contributed by atoms with E-state index in [1.807, 2.05) is 39.0 Å². The standard InChI is InChI=1S/C21H25N3O3/c1-13-4-5-14(19(26)23-17-7-8-17)10-16(13)11-21(2,3)24-20(27)15-6-9-18(25)22-12-15/h4-6,9-10,12,17H,7-8,11H2,1-3H3,(H,22,25)(H,23,26)(H,24,27). The molecule has 0 radical (unpaired) electrons. The molecule has 0 atom stereocenters. The lowest BCUT2D eigenvalue weighted by Gasteiger charge is -2.27. The second-order valence-electron chi connectivity index (χ2n) is 7.85. The third kappa shape index (κ3) is 5.06. The van der Waals surface area contributed by atoms with E-state index in [0.29, 0.717) is 23.6 Å². The summed E-state index contributed by atoms with van der Waals surface area (Å²) in [5.74, 6) is -0.301. The molecule has 27 heavy (non-hydrogen) atoms. The van der Waals surface area contributed by atoms with Crippen LogP contribution in [0.5, 0.6) is 0 Å². The van der Waals surface area contributed by atoms with Crippen LogP contribution in [0.4, 0.5) is 0 Å². The highest BCUT2D eigenvalue weighted by atomic mass is 16.2. The molecule has 0 aliphatic heterocycles. The zero-order chi connectivity index (χ0) is 19.6. The molecule has 0 spiro atoms. The molecule has 1 aromatic heterocycles. The van der Waals surface area contributed by atoms with Crippen LogP contribution < -0.4 is 16.2 Å². The molecule has 1 aliphatic carbocycles. The van der Waals surface area contributed by atoms with Gasteiger partial charge in [-0.05, 0) is 69.4 Å². The Kier molecular flexibility index (Phi) is 5.17. The zero-order valence-corrected chi connectivity index (χ0v) is 15.9. The van der Waals surface area contributed by atoms with Crippen LogP contribution in [0.1, 0.15) is 58.5 Å². The Hall–Kier alpha value is -2.89. The van der Waals surface area contributed by atoms with Crippen molar-refractivity contribution in [1.29, 1.82) is 0 Å². The van der Waals surface area contributed by atoms with Crippen molar-refractivity contribution in [3.8, 4) is 0 Å². The highest BCUT2D eigenvalue weighted by Crippen LogP contribution is 2.21. The van der Waals surface area contributed by atoms with Gasteiger partial charge in [0.15, 0.2) is 0 Å². The molecule has 2 aromatic rings. The minimum Gasteiger partial charge on any atom is -0.349 e. The van der Waals surface area contributed by atoms with Crippen molar-refractivity contribution < 1.29 is 9.59 Å². The van der Waals surface area contributed by atoms with Crippen molar-refractivity contribution in [2.45, 2.75) is 51.6 Å². The summed E-state index contributed by atoms with van der Waals surface area (Å²) in [7, 11) is 0. The molecule has 1 heterocycles. The lowest BCUT2D eigenvalue weighted by Crippen LogP contribution is -2.45. The van der Waals surface area contributed by atoms with Gasteiger partial charge in [-0.15, -0.1) is 0 Å². The number of amides is 2. The van der Waals surface area contributed by atoms with E-state index in [2.05, 4.69) is 15.6 Å². The number of benzene rings is 1. The number of rotatable bonds is 6. The lowest BCUT2D eigenvalue weighted by molar-refractivity contribution is 0.0909. The van der Waals surface area contributed by atoms with Gasteiger partial charge in [-0.2, -0.15) is 0 Å². The number of aromatic amines is 1. The molecular formula is C21H25N3O3. The number of hydrogen-bond acceptors (Lipinski definition) is 3. The van der Waals surface area contributed by atoms with Gasteiger partial charge < -0.3 is 15.6 Å². The van der Waals surface area contributed by atoms with Gasteiger partial charge in [0.1, 0.15) is 0 Å². The third-order valence-corrected chi connectivity index (χ3v) is 4.65. The van der Waals surface area contributed by atoms with Gasteiger partial charge in [-0.1, -0.05) is 6.07 Å². The molecule has 6 heteroatoms. The van der Waals surface area contributed by atoms with E-state index in [9.17, 15) is 14.4 Å². The van der Waals surface area contributed by atoms with E-state index < -0.39 is 5.54 Å². The molecular weight excluding hydrogens is 342 g/mol. The summed E-state index contributed by atoms with van der Waals surface area (Å²) in [6.45, 7) is 5.87. The average Bonchev–Trinajstić information content (AvgIpc) is 3.40. The maximum absolute atomic E-state index is 12.5. The van der Waals surface area contributed by atoms with Crippen LogP contribution >= 0.6 is 0 Å². The maximum atomic E-state index is 12.5. The first-order valence-electron chi connectivity index (χ1n) is 9.15. The molecule has 1 aliphatic rings. The largest absolute Gasteiger partial charge is 0.349 e. The van der Waals surface area contributed by atoms with Crippen LogP contribution in [0.15, 0.2) is 41.3 Å². The number of aryl methyl sites for hydroxylation is 1. The van der Waals surface area contributed by atoms with Crippen LogP contribution in [0, 0.1) is 6.92 Å². The Morgan fingerprint density at radius 2 is 1.81 bits per heavy atom. The van der Waals surface area contributed by atoms with Crippen molar-refractivity contribution in [1.82, 2.24) is 15.6 Å². The lowest BCUT2D eigenvalue weighted by atomic mass is 9.90. The molecule has 0 saturated heterocycles. The van der Waals surface area contributed by atoms with Gasteiger partial charge in [0, 0.05) is 29.4 Å². The molecule has 1 fully saturated rings. The Labute approximate surface area is 158 Å². The monoisotopic (exact) mass is 367 g/mol. The predicted molar refractivity (Wildman–Crippen MR) is 104 cm³/mol. The van der Waals surface area contributed by atoms with Gasteiger partial charge in [-0.25, -0.2) is 0 Å². The van der Waals surface area contributed by atoms with Crippen LogP contribution in [0.3, 0.4) is 0 Å². The molecule has 142 valence electrons. The topological polar surface area (TPSA) is 91.1 Å². The minimum absolute atomic E-state index is 0.0474. The van der Waals surface area contributed by atoms with Crippen LogP contribution in [-0.4, -0.2) is 28.4 Å². The smallest absolute Gasteiger partial charge is 0.253 e. The molecule has 1 saturated carbocycles. The Morgan fingerprint density at radius 1 is 1.11 bits per heavy atom. The summed E-state index contributed by atoms with van der Waals surface area (Å²) in [5, 5.41) is 6.00. The van der Waals surface area contributed by atoms with Crippen molar-refractivity contribution in [2.24, 2.45) is 0 Å². The van der Waals surface area contributed by atoms with E-state index in [-0.39, 0.29) is 17.4 Å². The van der Waals surface area contributed by atoms with E-state index in [4.69, 9.17) is 0 Å². The van der Waals surface area contributed by atoms with Gasteiger partial charge in [0.25, 0.3) is 11.8 Å². The second kappa shape index (κ2) is 7.39. The quantitative estimate of drug-likeness (QED) is 0.732. The van der Waals surface area contributed by atoms with Crippen molar-refractivity contribution in [3.63, 3.8) is 0 Å². The SMILES string of the molecule is Cc1ccc(C(=O)NC2CC2)cc1CC(C)(C)NC(=O)c1ccc(=O)[nH]c1. The minimum atomic E-state index is -0.524. The average molecular weight is 367 g/mol. The second-order valence-corrected chi connectivity index (χ2v) is 7.85. The Bertz CT molecular complexity index is 906. The summed E-state index contributed by atoms with van der Waals surface area (Å²) in [4.78, 5) is 38.4. The number of carbonyl (C=O) groups excluding carboxylic acids is 2. The molecule has 2 amide bonds. The number of carbonyl (C=O) groups is 2. The summed E-state index contributed by atoms with van der Waals surface area (Å²) in [5.41, 5.74) is 2.36. The van der Waals surface area contributed by atoms with Gasteiger partial charge in [0.2, 0.25) is 5.56 Å². The normalized spacial score (nSPS) is 13.9. The molecule has 0 bridgehead atoms. The van der Waals surface area contributed by atoms with Gasteiger partial charge in [-0.3, -0.25) is 14.4 Å². The maximum Gasteiger partial charge on any atom is 0.253 e. The van der Waals surface area contributed by atoms with Crippen LogP contribution in [0.2, 0.25) is 0 Å². The van der Waals surface area contributed by atoms with Crippen molar-refractivity contribution in [3.05, 3.63) is 69.1 Å². The first kappa shape index (κ1) is 18.9. The number of hydrogen-bond donors (Lipinski definition) is 3. The molecule has 1 aromatic carbocycles. The first-order valence-corrected chi connectivity index (χ1v) is 9.15. The summed E-state index contributed by atoms with van der Waals surface area (Å²) >= 11 is 0. The fourth-order valence-electron chi connectivity index (χ4n) is 2.95. The molecule has 3 N–H and O–H groups in total. The van der Waals surface area contributed by atoms with E-state index >= 15 is 0 Å². The fraction of sp³-hybridized carbons (Fsp3) is 0.381. The number of H-pyrrole nitrogens is 1. The number of nitrogens with one attached hydrogen (secondary N) is 3. The number of pyridine rings is 1. The highest BCUT2D eigenvalue weighted by molar-refractivity contribution is 5.95. The highest BCUT2D eigenvalue weighted by Gasteiger charge is 2.25. The molecule has 0 unspecified atom stereocenters. The van der Waals surface area contributed by atoms with E-state index in [1.54, 1.807) is 0 Å². The molecule has 6 nitrogen and oxygen atoms in total. The summed E-state index contributed by atoms with van der Waals surface area (Å²) in [6.07, 6.45) is 4.09. The first-order chi connectivity index (χ1) is 12.7. The van der Waals surface area contributed by atoms with Crippen molar-refractivity contribution in [2.75, 3.05) is 0 Å². The number of aromatic nitrogens is 1. The van der Waals surface area contributed by atoms with Crippen LogP contribution in [0.25, 0.3) is 0 Å². The van der Waals surface area contributed by atoms with Gasteiger partial charge in [0.05, 0.1) is 5.56 Å². The Balaban J connectivity index is 1.72. The zero-order valence-electron chi connectivity index (χ0n) is 15.9. The van der Waals surface area contributed by atoms with Crippen molar-refractivity contribution >= 4 is 11.8 Å². The summed E-state index contributed by atoms with van der Waals surface area (Å²) in [6, 6.07) is 8.82. The van der Waals surface area contributed by atoms with Gasteiger partial charge >= 0.3 is 0 Å². The summed E-state index contributed by atoms with van der Waals surface area (Å²) < 4.78 is 0.